The zero-order chi connectivity index (χ0) is 39.1. The number of unbranched alkanes of at least 4 members (excludes halogenated alkanes) is 7. The van der Waals surface area contributed by atoms with Crippen molar-refractivity contribution in [2.75, 3.05) is 39.3 Å². The Bertz CT molecular complexity index is 1590. The number of hydrogen-bond donors (Lipinski definition) is 0. The molecule has 2 aromatic rings. The third-order valence-corrected chi connectivity index (χ3v) is 11.9. The molecule has 0 N–H and O–H groups in total. The summed E-state index contributed by atoms with van der Waals surface area (Å²) >= 11 is 0. The minimum atomic E-state index is -0.186. The van der Waals surface area contributed by atoms with E-state index in [1.165, 1.54) is 43.1 Å². The maximum atomic E-state index is 13.9. The molecule has 0 saturated heterocycles. The zero-order valence-electron chi connectivity index (χ0n) is 35.3. The van der Waals surface area contributed by atoms with Crippen LogP contribution in [-0.4, -0.2) is 67.3 Å². The molecule has 0 saturated carbocycles. The standard InChI is InChI=1S/C44H78N6O4/c1-6-9-10-11-12-13-14-19-28-40-39(5)48-34-25-16-21-30-45(7-2)29-20-15-24-33-47-38(4)37-41(51)49(43(47)53)35-26-17-22-31-46(8-3)32-23-18-27-36-50(42(40)52)44(48)54/h37H,6-36H2,1-5H3. The Morgan fingerprint density at radius 2 is 0.870 bits per heavy atom. The molecule has 0 unspecified atom stereocenters. The minimum Gasteiger partial charge on any atom is -0.304 e. The summed E-state index contributed by atoms with van der Waals surface area (Å²) in [5, 5.41) is 0. The lowest BCUT2D eigenvalue weighted by molar-refractivity contribution is 0.271. The topological polar surface area (TPSA) is 94.5 Å². The highest BCUT2D eigenvalue weighted by Gasteiger charge is 2.17. The molecular formula is C44H78N6O4. The van der Waals surface area contributed by atoms with Gasteiger partial charge in [0.05, 0.1) is 0 Å². The fourth-order valence-corrected chi connectivity index (χ4v) is 8.23. The lowest BCUT2D eigenvalue weighted by Crippen LogP contribution is -2.43. The van der Waals surface area contributed by atoms with E-state index in [1.807, 2.05) is 18.4 Å². The first-order valence-electron chi connectivity index (χ1n) is 22.3. The Morgan fingerprint density at radius 1 is 0.463 bits per heavy atom. The van der Waals surface area contributed by atoms with Gasteiger partial charge in [0.25, 0.3) is 11.1 Å². The summed E-state index contributed by atoms with van der Waals surface area (Å²) in [5.74, 6) is 0. The van der Waals surface area contributed by atoms with Gasteiger partial charge in [0, 0.05) is 49.2 Å². The summed E-state index contributed by atoms with van der Waals surface area (Å²) in [7, 11) is 0. The van der Waals surface area contributed by atoms with Crippen LogP contribution in [0, 0.1) is 13.8 Å². The van der Waals surface area contributed by atoms with E-state index in [2.05, 4.69) is 30.6 Å². The molecule has 0 atom stereocenters. The van der Waals surface area contributed by atoms with Crippen LogP contribution in [0.2, 0.25) is 0 Å². The highest BCUT2D eigenvalue weighted by atomic mass is 16.2. The highest BCUT2D eigenvalue weighted by Crippen LogP contribution is 2.13. The molecule has 54 heavy (non-hydrogen) atoms. The fraction of sp³-hybridized carbons (Fsp3) is 0.818. The van der Waals surface area contributed by atoms with Crippen LogP contribution in [0.4, 0.5) is 0 Å². The molecule has 0 amide bonds. The van der Waals surface area contributed by atoms with Crippen LogP contribution < -0.4 is 22.5 Å². The van der Waals surface area contributed by atoms with Crippen LogP contribution in [0.15, 0.2) is 25.2 Å². The minimum absolute atomic E-state index is 0.0584. The van der Waals surface area contributed by atoms with Crippen molar-refractivity contribution in [2.45, 2.75) is 196 Å². The summed E-state index contributed by atoms with van der Waals surface area (Å²) in [5.41, 5.74) is 1.96. The predicted octanol–water partition coefficient (Wildman–Crippen LogP) is 7.67. The Kier molecular flexibility index (Phi) is 22.1. The predicted molar refractivity (Wildman–Crippen MR) is 225 cm³/mol. The van der Waals surface area contributed by atoms with Crippen molar-refractivity contribution in [3.63, 3.8) is 0 Å². The van der Waals surface area contributed by atoms with Gasteiger partial charge in [-0.2, -0.15) is 0 Å². The number of hydrogen-bond acceptors (Lipinski definition) is 6. The van der Waals surface area contributed by atoms with Crippen molar-refractivity contribution < 1.29 is 0 Å². The summed E-state index contributed by atoms with van der Waals surface area (Å²) in [6.07, 6.45) is 22.3. The van der Waals surface area contributed by atoms with E-state index in [-0.39, 0.29) is 22.5 Å². The Labute approximate surface area is 327 Å². The van der Waals surface area contributed by atoms with Gasteiger partial charge >= 0.3 is 11.4 Å². The number of nitrogens with zero attached hydrogens (tertiary/aromatic N) is 6. The van der Waals surface area contributed by atoms with Crippen molar-refractivity contribution in [3.05, 3.63) is 64.7 Å². The van der Waals surface area contributed by atoms with Gasteiger partial charge in [0.2, 0.25) is 0 Å². The lowest BCUT2D eigenvalue weighted by atomic mass is 10.0. The molecule has 1 aliphatic rings. The number of fused-ring (bicyclic) bond motifs is 4. The van der Waals surface area contributed by atoms with E-state index >= 15 is 0 Å². The molecule has 3 heterocycles. The van der Waals surface area contributed by atoms with Crippen molar-refractivity contribution >= 4 is 0 Å². The van der Waals surface area contributed by atoms with Gasteiger partial charge in [-0.05, 0) is 117 Å². The molecular weight excluding hydrogens is 677 g/mol. The van der Waals surface area contributed by atoms with Crippen LogP contribution in [0.5, 0.6) is 0 Å². The Hall–Kier alpha value is -2.72. The average molecular weight is 755 g/mol. The third kappa shape index (κ3) is 15.1. The first kappa shape index (κ1) is 45.7. The van der Waals surface area contributed by atoms with Gasteiger partial charge in [-0.1, -0.05) is 91.4 Å². The Morgan fingerprint density at radius 3 is 1.37 bits per heavy atom. The SMILES string of the molecule is CCCCCCCCCCc1c(C)n2c(=O)n(c1=O)CCCCCN(CC)CCCCCn1c(=O)cc(C)n(c1=O)CCCCCN(CC)CCCCC2. The average Bonchev–Trinajstić information content (AvgIpc) is 3.15. The molecule has 0 aromatic carbocycles. The van der Waals surface area contributed by atoms with Crippen molar-refractivity contribution in [1.82, 2.24) is 28.1 Å². The first-order valence-corrected chi connectivity index (χ1v) is 22.3. The summed E-state index contributed by atoms with van der Waals surface area (Å²) in [4.78, 5) is 58.7. The molecule has 3 rings (SSSR count). The number of aromatic nitrogens is 4. The van der Waals surface area contributed by atoms with Crippen molar-refractivity contribution in [3.8, 4) is 0 Å². The largest absolute Gasteiger partial charge is 0.331 e. The van der Waals surface area contributed by atoms with Crippen LogP contribution in [0.25, 0.3) is 0 Å². The van der Waals surface area contributed by atoms with Crippen LogP contribution in [-0.2, 0) is 32.6 Å². The molecule has 4 bridgehead atoms. The third-order valence-electron chi connectivity index (χ3n) is 11.9. The highest BCUT2D eigenvalue weighted by molar-refractivity contribution is 5.17. The van der Waals surface area contributed by atoms with Gasteiger partial charge in [0.15, 0.2) is 0 Å². The molecule has 0 spiro atoms. The molecule has 0 radical (unpaired) electrons. The van der Waals surface area contributed by atoms with E-state index in [4.69, 9.17) is 0 Å². The summed E-state index contributed by atoms with van der Waals surface area (Å²) in [6.45, 7) is 18.8. The van der Waals surface area contributed by atoms with Gasteiger partial charge in [0.1, 0.15) is 0 Å². The van der Waals surface area contributed by atoms with Crippen molar-refractivity contribution in [2.24, 2.45) is 0 Å². The monoisotopic (exact) mass is 755 g/mol. The molecule has 0 aliphatic carbocycles. The second-order valence-electron chi connectivity index (χ2n) is 16.0. The smallest absolute Gasteiger partial charge is 0.304 e. The van der Waals surface area contributed by atoms with Gasteiger partial charge < -0.3 is 9.80 Å². The fourth-order valence-electron chi connectivity index (χ4n) is 8.23. The van der Waals surface area contributed by atoms with E-state index in [0.29, 0.717) is 26.2 Å². The second kappa shape index (κ2) is 26.2. The number of rotatable bonds is 11. The lowest BCUT2D eigenvalue weighted by Gasteiger charge is -2.21. The van der Waals surface area contributed by atoms with Crippen molar-refractivity contribution in [1.29, 1.82) is 0 Å². The van der Waals surface area contributed by atoms with Crippen LogP contribution in [0.1, 0.15) is 166 Å². The second-order valence-corrected chi connectivity index (χ2v) is 16.0. The molecule has 308 valence electrons. The van der Waals surface area contributed by atoms with E-state index < -0.39 is 0 Å². The van der Waals surface area contributed by atoms with Gasteiger partial charge in [-0.15, -0.1) is 0 Å². The normalized spacial score (nSPS) is 17.6. The van der Waals surface area contributed by atoms with Gasteiger partial charge in [-0.25, -0.2) is 9.59 Å². The molecule has 0 fully saturated rings. The first-order chi connectivity index (χ1) is 26.2. The van der Waals surface area contributed by atoms with Crippen LogP contribution >= 0.6 is 0 Å². The molecule has 10 nitrogen and oxygen atoms in total. The van der Waals surface area contributed by atoms with Gasteiger partial charge in [-0.3, -0.25) is 27.9 Å². The van der Waals surface area contributed by atoms with Crippen LogP contribution in [0.3, 0.4) is 0 Å². The van der Waals surface area contributed by atoms with E-state index in [0.717, 1.165) is 153 Å². The van der Waals surface area contributed by atoms with E-state index in [1.54, 1.807) is 15.2 Å². The molecule has 10 heteroatoms. The Balaban J connectivity index is 1.70. The quantitative estimate of drug-likeness (QED) is 0.219. The molecule has 1 aliphatic heterocycles. The maximum absolute atomic E-state index is 13.9. The maximum Gasteiger partial charge on any atom is 0.331 e. The zero-order valence-corrected chi connectivity index (χ0v) is 35.3. The summed E-state index contributed by atoms with van der Waals surface area (Å²) < 4.78 is 6.72. The van der Waals surface area contributed by atoms with E-state index in [9.17, 15) is 19.2 Å². The number of aryl methyl sites for hydroxylation is 1. The molecule has 2 aromatic heterocycles. The summed E-state index contributed by atoms with van der Waals surface area (Å²) in [6, 6.07) is 1.62.